The molecule has 1 fully saturated rings. The number of nitrogens with zero attached hydrogens (tertiary/aromatic N) is 1. The normalized spacial score (nSPS) is 16.0. The van der Waals surface area contributed by atoms with Crippen molar-refractivity contribution in [3.05, 3.63) is 82.7 Å². The van der Waals surface area contributed by atoms with Crippen molar-refractivity contribution in [2.75, 3.05) is 4.90 Å². The lowest BCUT2D eigenvalue weighted by Crippen LogP contribution is -2.27. The Kier molecular flexibility index (Phi) is 5.25. The van der Waals surface area contributed by atoms with Gasteiger partial charge in [0.1, 0.15) is 17.3 Å². The summed E-state index contributed by atoms with van der Waals surface area (Å²) in [5, 5.41) is 0. The quantitative estimate of drug-likeness (QED) is 0.259. The molecular weight excluding hydrogens is 438 g/mol. The summed E-state index contributed by atoms with van der Waals surface area (Å²) in [7, 11) is 0. The van der Waals surface area contributed by atoms with Crippen LogP contribution in [0.1, 0.15) is 11.3 Å². The van der Waals surface area contributed by atoms with Gasteiger partial charge in [0, 0.05) is 11.6 Å². The Hall–Kier alpha value is -2.91. The zero-order chi connectivity index (χ0) is 21.5. The van der Waals surface area contributed by atoms with Crippen molar-refractivity contribution in [3.63, 3.8) is 0 Å². The smallest absolute Gasteiger partial charge is 0.416 e. The summed E-state index contributed by atoms with van der Waals surface area (Å²) in [5.41, 5.74) is -0.164. The van der Waals surface area contributed by atoms with Crippen LogP contribution in [-0.2, 0) is 11.0 Å². The molecule has 1 aliphatic rings. The Balaban J connectivity index is 1.60. The molecular formula is C21H11F4NO2S2. The number of thiocarbonyl (C=S) groups is 1. The molecule has 1 saturated heterocycles. The number of carbonyl (C=O) groups excluding carboxylic acids is 1. The van der Waals surface area contributed by atoms with Crippen LogP contribution in [0.25, 0.3) is 17.4 Å². The third kappa shape index (κ3) is 4.03. The van der Waals surface area contributed by atoms with Crippen LogP contribution < -0.4 is 4.90 Å². The van der Waals surface area contributed by atoms with Crippen LogP contribution in [0, 0.1) is 5.82 Å². The van der Waals surface area contributed by atoms with Crippen molar-refractivity contribution in [1.82, 2.24) is 0 Å². The van der Waals surface area contributed by atoms with Gasteiger partial charge in [-0.15, -0.1) is 0 Å². The Labute approximate surface area is 178 Å². The molecule has 2 heterocycles. The van der Waals surface area contributed by atoms with E-state index >= 15 is 0 Å². The second kappa shape index (κ2) is 7.73. The van der Waals surface area contributed by atoms with Crippen LogP contribution in [0.2, 0.25) is 0 Å². The molecule has 3 nitrogen and oxygen atoms in total. The van der Waals surface area contributed by atoms with Gasteiger partial charge in [-0.3, -0.25) is 9.69 Å². The fourth-order valence-corrected chi connectivity index (χ4v) is 4.12. The molecule has 2 aromatic carbocycles. The van der Waals surface area contributed by atoms with Gasteiger partial charge in [0.25, 0.3) is 5.91 Å². The Bertz CT molecular complexity index is 1170. The van der Waals surface area contributed by atoms with Gasteiger partial charge in [-0.2, -0.15) is 13.2 Å². The van der Waals surface area contributed by atoms with E-state index in [0.717, 1.165) is 28.8 Å². The summed E-state index contributed by atoms with van der Waals surface area (Å²) in [6.45, 7) is 0. The molecule has 0 saturated carbocycles. The number of hydrogen-bond donors (Lipinski definition) is 0. The summed E-state index contributed by atoms with van der Waals surface area (Å²) in [4.78, 5) is 14.1. The number of carbonyl (C=O) groups is 1. The molecule has 152 valence electrons. The van der Waals surface area contributed by atoms with E-state index in [1.165, 1.54) is 30.3 Å². The molecule has 0 radical (unpaired) electrons. The first-order valence-electron chi connectivity index (χ1n) is 8.53. The lowest BCUT2D eigenvalue weighted by molar-refractivity contribution is -0.137. The molecule has 9 heteroatoms. The maximum Gasteiger partial charge on any atom is 0.416 e. The highest BCUT2D eigenvalue weighted by Gasteiger charge is 2.36. The lowest BCUT2D eigenvalue weighted by atomic mass is 10.2. The number of halogens is 4. The van der Waals surface area contributed by atoms with Crippen molar-refractivity contribution in [1.29, 1.82) is 0 Å². The maximum absolute atomic E-state index is 13.1. The first kappa shape index (κ1) is 20.4. The molecule has 0 spiro atoms. The van der Waals surface area contributed by atoms with E-state index in [1.807, 2.05) is 0 Å². The Morgan fingerprint density at radius 2 is 1.77 bits per heavy atom. The summed E-state index contributed by atoms with van der Waals surface area (Å²) >= 11 is 6.17. The molecule has 0 bridgehead atoms. The van der Waals surface area contributed by atoms with Gasteiger partial charge in [0.05, 0.1) is 16.2 Å². The molecule has 3 aromatic rings. The molecule has 0 atom stereocenters. The van der Waals surface area contributed by atoms with Gasteiger partial charge >= 0.3 is 6.18 Å². The van der Waals surface area contributed by atoms with Gasteiger partial charge in [0.15, 0.2) is 4.32 Å². The second-order valence-corrected chi connectivity index (χ2v) is 7.95. The van der Waals surface area contributed by atoms with Crippen LogP contribution in [0.4, 0.5) is 23.2 Å². The average molecular weight is 449 g/mol. The number of anilines is 1. The van der Waals surface area contributed by atoms with Crippen LogP contribution in [0.15, 0.2) is 70.0 Å². The van der Waals surface area contributed by atoms with E-state index in [-0.39, 0.29) is 20.7 Å². The van der Waals surface area contributed by atoms with E-state index in [0.29, 0.717) is 17.1 Å². The third-order valence-corrected chi connectivity index (χ3v) is 5.56. The molecule has 1 aromatic heterocycles. The van der Waals surface area contributed by atoms with Crippen LogP contribution in [-0.4, -0.2) is 10.2 Å². The van der Waals surface area contributed by atoms with Gasteiger partial charge < -0.3 is 4.42 Å². The van der Waals surface area contributed by atoms with Gasteiger partial charge in [-0.25, -0.2) is 4.39 Å². The molecule has 1 aliphatic heterocycles. The number of amides is 1. The number of hydrogen-bond acceptors (Lipinski definition) is 4. The van der Waals surface area contributed by atoms with Crippen LogP contribution in [0.3, 0.4) is 0 Å². The maximum atomic E-state index is 13.1. The predicted molar refractivity (Wildman–Crippen MR) is 111 cm³/mol. The fraction of sp³-hybridized carbons (Fsp3) is 0.0476. The van der Waals surface area contributed by atoms with E-state index in [2.05, 4.69) is 0 Å². The topological polar surface area (TPSA) is 33.5 Å². The second-order valence-electron chi connectivity index (χ2n) is 6.27. The zero-order valence-electron chi connectivity index (χ0n) is 14.9. The van der Waals surface area contributed by atoms with Gasteiger partial charge in [-0.05, 0) is 54.6 Å². The molecule has 4 rings (SSSR count). The predicted octanol–water partition coefficient (Wildman–Crippen LogP) is 6.51. The van der Waals surface area contributed by atoms with Crippen molar-refractivity contribution in [2.24, 2.45) is 0 Å². The molecule has 30 heavy (non-hydrogen) atoms. The number of alkyl halides is 3. The van der Waals surface area contributed by atoms with Crippen molar-refractivity contribution >= 4 is 46.0 Å². The average Bonchev–Trinajstić information content (AvgIpc) is 3.26. The fourth-order valence-electron chi connectivity index (χ4n) is 2.84. The first-order valence-corrected chi connectivity index (χ1v) is 9.76. The van der Waals surface area contributed by atoms with Crippen LogP contribution in [0.5, 0.6) is 0 Å². The standard InChI is InChI=1S/C21H11F4NO2S2/c22-14-6-4-12(5-7-14)17-9-8-16(28-17)11-18-19(27)26(20(29)30-18)15-3-1-2-13(10-15)21(23,24)25/h1-11H/b18-11+. The highest BCUT2D eigenvalue weighted by atomic mass is 32.2. The Morgan fingerprint density at radius 3 is 2.47 bits per heavy atom. The molecule has 1 amide bonds. The zero-order valence-corrected chi connectivity index (χ0v) is 16.6. The van der Waals surface area contributed by atoms with Crippen molar-refractivity contribution in [3.8, 4) is 11.3 Å². The Morgan fingerprint density at radius 1 is 1.03 bits per heavy atom. The molecule has 0 N–H and O–H groups in total. The molecule has 0 unspecified atom stereocenters. The minimum Gasteiger partial charge on any atom is -0.457 e. The van der Waals surface area contributed by atoms with E-state index in [9.17, 15) is 22.4 Å². The van der Waals surface area contributed by atoms with E-state index in [4.69, 9.17) is 16.6 Å². The van der Waals surface area contributed by atoms with Gasteiger partial charge in [0.2, 0.25) is 0 Å². The monoisotopic (exact) mass is 449 g/mol. The lowest BCUT2D eigenvalue weighted by Gasteiger charge is -2.16. The summed E-state index contributed by atoms with van der Waals surface area (Å²) in [6.07, 6.45) is -3.06. The SMILES string of the molecule is O=C1/C(=C\c2ccc(-c3ccc(F)cc3)o2)SC(=S)N1c1cccc(C(F)(F)F)c1. The highest BCUT2D eigenvalue weighted by Crippen LogP contribution is 2.38. The largest absolute Gasteiger partial charge is 0.457 e. The van der Waals surface area contributed by atoms with Crippen molar-refractivity contribution < 1.29 is 26.8 Å². The highest BCUT2D eigenvalue weighted by molar-refractivity contribution is 8.27. The summed E-state index contributed by atoms with van der Waals surface area (Å²) < 4.78 is 57.8. The minimum absolute atomic E-state index is 0.0437. The van der Waals surface area contributed by atoms with Crippen molar-refractivity contribution in [2.45, 2.75) is 6.18 Å². The van der Waals surface area contributed by atoms with Gasteiger partial charge in [-0.1, -0.05) is 30.0 Å². The number of furan rings is 1. The summed E-state index contributed by atoms with van der Waals surface area (Å²) in [5.74, 6) is -0.0682. The first-order chi connectivity index (χ1) is 14.2. The minimum atomic E-state index is -4.53. The summed E-state index contributed by atoms with van der Waals surface area (Å²) in [6, 6.07) is 13.5. The van der Waals surface area contributed by atoms with E-state index < -0.39 is 17.6 Å². The molecule has 0 aliphatic carbocycles. The third-order valence-electron chi connectivity index (χ3n) is 4.25. The number of benzene rings is 2. The number of rotatable bonds is 3. The van der Waals surface area contributed by atoms with Crippen LogP contribution >= 0.6 is 24.0 Å². The van der Waals surface area contributed by atoms with E-state index in [1.54, 1.807) is 24.3 Å². The number of thioether (sulfide) groups is 1.